The molecule has 0 aliphatic carbocycles. The first kappa shape index (κ1) is 15.3. The van der Waals surface area contributed by atoms with Crippen molar-refractivity contribution in [3.8, 4) is 0 Å². The number of sulfonamides is 1. The lowest BCUT2D eigenvalue weighted by Gasteiger charge is -2.22. The van der Waals surface area contributed by atoms with E-state index < -0.39 is 16.0 Å². The third-order valence-electron chi connectivity index (χ3n) is 3.66. The second-order valence-corrected chi connectivity index (χ2v) is 7.54. The average molecular weight is 341 g/mol. The van der Waals surface area contributed by atoms with Gasteiger partial charge in [-0.05, 0) is 47.4 Å². The van der Waals surface area contributed by atoms with Crippen LogP contribution in [0.3, 0.4) is 0 Å². The number of esters is 1. The van der Waals surface area contributed by atoms with Crippen molar-refractivity contribution in [3.63, 3.8) is 0 Å². The summed E-state index contributed by atoms with van der Waals surface area (Å²) in [4.78, 5) is 11.4. The molecule has 3 heterocycles. The van der Waals surface area contributed by atoms with Gasteiger partial charge in [0, 0.05) is 6.54 Å². The van der Waals surface area contributed by atoms with Crippen molar-refractivity contribution in [2.45, 2.75) is 24.0 Å². The van der Waals surface area contributed by atoms with Crippen molar-refractivity contribution in [1.82, 2.24) is 4.31 Å². The zero-order valence-electron chi connectivity index (χ0n) is 11.9. The first-order chi connectivity index (χ1) is 10.5. The maximum atomic E-state index is 12.7. The molecule has 0 aromatic carbocycles. The zero-order chi connectivity index (χ0) is 15.7. The summed E-state index contributed by atoms with van der Waals surface area (Å²) in [5.74, 6) is -0.815. The molecule has 2 aromatic heterocycles. The molecule has 3 rings (SSSR count). The van der Waals surface area contributed by atoms with Crippen LogP contribution in [-0.2, 0) is 14.8 Å². The summed E-state index contributed by atoms with van der Waals surface area (Å²) in [7, 11) is -2.56. The van der Waals surface area contributed by atoms with E-state index in [9.17, 15) is 13.2 Å². The first-order valence-electron chi connectivity index (χ1n) is 6.76. The van der Waals surface area contributed by atoms with Gasteiger partial charge < -0.3 is 9.15 Å². The number of methoxy groups -OCH3 is 1. The standard InChI is InChI=1S/C14H15NO5S2/c1-19-14(16)12-4-5-13(20-12)22(17,18)15-7-2-3-11(15)10-6-8-21-9-10/h4-6,8-9,11H,2-3,7H2,1H3/t11-/m0/s1. The van der Waals surface area contributed by atoms with Gasteiger partial charge in [0.25, 0.3) is 10.0 Å². The van der Waals surface area contributed by atoms with E-state index in [0.717, 1.165) is 18.4 Å². The van der Waals surface area contributed by atoms with E-state index in [1.54, 1.807) is 0 Å². The van der Waals surface area contributed by atoms with Crippen LogP contribution in [0.1, 0.15) is 35.0 Å². The minimum atomic E-state index is -3.77. The molecule has 0 bridgehead atoms. The Labute approximate surface area is 132 Å². The fourth-order valence-corrected chi connectivity index (χ4v) is 4.92. The summed E-state index contributed by atoms with van der Waals surface area (Å²) in [5.41, 5.74) is 0.992. The largest absolute Gasteiger partial charge is 0.463 e. The van der Waals surface area contributed by atoms with E-state index in [0.29, 0.717) is 6.54 Å². The van der Waals surface area contributed by atoms with E-state index in [2.05, 4.69) is 4.74 Å². The number of ether oxygens (including phenoxy) is 1. The van der Waals surface area contributed by atoms with Gasteiger partial charge in [-0.15, -0.1) is 0 Å². The summed E-state index contributed by atoms with van der Waals surface area (Å²) in [6.07, 6.45) is 1.57. The fourth-order valence-electron chi connectivity index (χ4n) is 2.61. The maximum absolute atomic E-state index is 12.7. The maximum Gasteiger partial charge on any atom is 0.374 e. The number of carbonyl (C=O) groups is 1. The highest BCUT2D eigenvalue weighted by atomic mass is 32.2. The Kier molecular flexibility index (Phi) is 4.07. The predicted molar refractivity (Wildman–Crippen MR) is 80.2 cm³/mol. The molecule has 0 N–H and O–H groups in total. The van der Waals surface area contributed by atoms with Crippen molar-refractivity contribution < 1.29 is 22.4 Å². The molecule has 8 heteroatoms. The summed E-state index contributed by atoms with van der Waals surface area (Å²) in [6.45, 7) is 0.442. The highest BCUT2D eigenvalue weighted by Gasteiger charge is 2.38. The van der Waals surface area contributed by atoms with Gasteiger partial charge in [0.1, 0.15) is 0 Å². The lowest BCUT2D eigenvalue weighted by Crippen LogP contribution is -2.30. The van der Waals surface area contributed by atoms with Crippen LogP contribution in [0.2, 0.25) is 0 Å². The van der Waals surface area contributed by atoms with Crippen LogP contribution < -0.4 is 0 Å². The monoisotopic (exact) mass is 341 g/mol. The van der Waals surface area contributed by atoms with Crippen molar-refractivity contribution in [1.29, 1.82) is 0 Å². The molecule has 2 aromatic rings. The van der Waals surface area contributed by atoms with E-state index in [1.165, 1.54) is 34.9 Å². The molecule has 118 valence electrons. The number of hydrogen-bond acceptors (Lipinski definition) is 6. The van der Waals surface area contributed by atoms with E-state index in [1.807, 2.05) is 16.8 Å². The number of rotatable bonds is 4. The molecule has 0 amide bonds. The summed E-state index contributed by atoms with van der Waals surface area (Å²) in [6, 6.07) is 4.37. The molecular formula is C14H15NO5S2. The highest BCUT2D eigenvalue weighted by molar-refractivity contribution is 7.89. The fraction of sp³-hybridized carbons (Fsp3) is 0.357. The summed E-state index contributed by atoms with van der Waals surface area (Å²) < 4.78 is 36.6. The molecular weight excluding hydrogens is 326 g/mol. The van der Waals surface area contributed by atoms with Gasteiger partial charge in [-0.3, -0.25) is 0 Å². The molecule has 1 aliphatic heterocycles. The van der Waals surface area contributed by atoms with Gasteiger partial charge in [0.2, 0.25) is 10.9 Å². The van der Waals surface area contributed by atoms with Crippen LogP contribution in [0.15, 0.2) is 38.5 Å². The highest BCUT2D eigenvalue weighted by Crippen LogP contribution is 2.37. The quantitative estimate of drug-likeness (QED) is 0.799. The van der Waals surface area contributed by atoms with Crippen molar-refractivity contribution in [2.75, 3.05) is 13.7 Å². The van der Waals surface area contributed by atoms with Crippen LogP contribution in [0.5, 0.6) is 0 Å². The van der Waals surface area contributed by atoms with E-state index >= 15 is 0 Å². The number of furan rings is 1. The van der Waals surface area contributed by atoms with Gasteiger partial charge in [-0.1, -0.05) is 0 Å². The topological polar surface area (TPSA) is 76.8 Å². The van der Waals surface area contributed by atoms with Crippen molar-refractivity contribution in [2.24, 2.45) is 0 Å². The molecule has 1 atom stereocenters. The number of nitrogens with zero attached hydrogens (tertiary/aromatic N) is 1. The van der Waals surface area contributed by atoms with Crippen LogP contribution in [0.4, 0.5) is 0 Å². The van der Waals surface area contributed by atoms with Gasteiger partial charge in [-0.2, -0.15) is 15.6 Å². The Bertz CT molecular complexity index is 763. The van der Waals surface area contributed by atoms with Gasteiger partial charge in [-0.25, -0.2) is 13.2 Å². The Hall–Kier alpha value is -1.64. The Morgan fingerprint density at radius 3 is 2.91 bits per heavy atom. The molecule has 22 heavy (non-hydrogen) atoms. The number of carbonyl (C=O) groups excluding carboxylic acids is 1. The lowest BCUT2D eigenvalue weighted by molar-refractivity contribution is 0.0558. The van der Waals surface area contributed by atoms with E-state index in [4.69, 9.17) is 4.42 Å². The second-order valence-electron chi connectivity index (χ2n) is 4.94. The molecule has 0 radical (unpaired) electrons. The smallest absolute Gasteiger partial charge is 0.374 e. The van der Waals surface area contributed by atoms with Gasteiger partial charge in [0.15, 0.2) is 0 Å². The molecule has 0 unspecified atom stereocenters. The predicted octanol–water partition coefficient (Wildman–Crippen LogP) is 2.65. The normalized spacial score (nSPS) is 19.4. The van der Waals surface area contributed by atoms with Crippen LogP contribution in [0, 0.1) is 0 Å². The minimum Gasteiger partial charge on any atom is -0.463 e. The molecule has 6 nitrogen and oxygen atoms in total. The Morgan fingerprint density at radius 2 is 2.23 bits per heavy atom. The molecule has 1 fully saturated rings. The molecule has 1 aliphatic rings. The first-order valence-corrected chi connectivity index (χ1v) is 9.14. The molecule has 0 spiro atoms. The van der Waals surface area contributed by atoms with Crippen LogP contribution in [0.25, 0.3) is 0 Å². The third kappa shape index (κ3) is 2.57. The average Bonchev–Trinajstić information content (AvgIpc) is 3.25. The summed E-state index contributed by atoms with van der Waals surface area (Å²) in [5, 5.41) is 3.66. The van der Waals surface area contributed by atoms with Crippen molar-refractivity contribution in [3.05, 3.63) is 40.3 Å². The van der Waals surface area contributed by atoms with Gasteiger partial charge >= 0.3 is 5.97 Å². The van der Waals surface area contributed by atoms with E-state index in [-0.39, 0.29) is 16.9 Å². The molecule has 0 saturated carbocycles. The number of thiophene rings is 1. The second kappa shape index (κ2) is 5.86. The molecule has 1 saturated heterocycles. The Morgan fingerprint density at radius 1 is 1.41 bits per heavy atom. The summed E-state index contributed by atoms with van der Waals surface area (Å²) >= 11 is 1.54. The zero-order valence-corrected chi connectivity index (χ0v) is 13.5. The number of hydrogen-bond donors (Lipinski definition) is 0. The SMILES string of the molecule is COC(=O)c1ccc(S(=O)(=O)N2CCC[C@H]2c2ccsc2)o1. The lowest BCUT2D eigenvalue weighted by atomic mass is 10.1. The van der Waals surface area contributed by atoms with Gasteiger partial charge in [0.05, 0.1) is 13.2 Å². The Balaban J connectivity index is 1.92. The minimum absolute atomic E-state index is 0.118. The van der Waals surface area contributed by atoms with Crippen LogP contribution in [-0.4, -0.2) is 32.3 Å². The van der Waals surface area contributed by atoms with Crippen LogP contribution >= 0.6 is 11.3 Å². The van der Waals surface area contributed by atoms with Crippen molar-refractivity contribution >= 4 is 27.3 Å². The third-order valence-corrected chi connectivity index (χ3v) is 6.15.